The molecule has 7 atom stereocenters. The topological polar surface area (TPSA) is 333 Å². The summed E-state index contributed by atoms with van der Waals surface area (Å²) >= 11 is 0. The Bertz CT molecular complexity index is 1840. The van der Waals surface area contributed by atoms with Crippen molar-refractivity contribution in [2.45, 2.75) is 109 Å². The fourth-order valence-corrected chi connectivity index (χ4v) is 5.71. The summed E-state index contributed by atoms with van der Waals surface area (Å²) in [5, 5.41) is 53.7. The third kappa shape index (κ3) is 16.8. The number of aromatic carboxylic acids is 1. The number of aliphatic hydroxyl groups is 1. The number of benzene rings is 2. The Hall–Kier alpha value is -6.41. The fourth-order valence-electron chi connectivity index (χ4n) is 5.71. The largest absolute Gasteiger partial charge is 0.481 e. The van der Waals surface area contributed by atoms with E-state index in [4.69, 9.17) is 15.9 Å². The van der Waals surface area contributed by atoms with Crippen LogP contribution in [-0.4, -0.2) is 116 Å². The predicted molar refractivity (Wildman–Crippen MR) is 215 cm³/mol. The van der Waals surface area contributed by atoms with Gasteiger partial charge < -0.3 is 58.1 Å². The quantitative estimate of drug-likeness (QED) is 0.0649. The number of carboxylic acid groups (broad SMARTS) is 3. The van der Waals surface area contributed by atoms with Crippen LogP contribution in [0.25, 0.3) is 0 Å². The van der Waals surface area contributed by atoms with Gasteiger partial charge in [-0.3, -0.25) is 38.4 Å². The molecule has 6 amide bonds. The molecule has 0 aromatic heterocycles. The van der Waals surface area contributed by atoms with Crippen molar-refractivity contribution in [3.05, 3.63) is 65.7 Å². The molecule has 2 aromatic rings. The first-order valence-electron chi connectivity index (χ1n) is 19.2. The minimum absolute atomic E-state index is 0.0340. The van der Waals surface area contributed by atoms with Crippen molar-refractivity contribution in [3.8, 4) is 0 Å². The molecule has 20 heteroatoms. The molecule has 20 nitrogen and oxygen atoms in total. The summed E-state index contributed by atoms with van der Waals surface area (Å²) in [6.07, 6.45) is -3.71. The van der Waals surface area contributed by atoms with E-state index in [9.17, 15) is 53.4 Å². The maximum atomic E-state index is 13.9. The molecule has 0 saturated carbocycles. The van der Waals surface area contributed by atoms with Crippen molar-refractivity contribution >= 4 is 59.0 Å². The van der Waals surface area contributed by atoms with E-state index in [1.807, 2.05) is 0 Å². The average molecular weight is 842 g/mol. The number of amides is 6. The van der Waals surface area contributed by atoms with Gasteiger partial charge in [-0.15, -0.1) is 0 Å². The summed E-state index contributed by atoms with van der Waals surface area (Å²) in [5.41, 5.74) is 6.55. The van der Waals surface area contributed by atoms with E-state index in [1.54, 1.807) is 58.0 Å². The van der Waals surface area contributed by atoms with Crippen LogP contribution in [0.4, 0.5) is 5.69 Å². The normalized spacial score (nSPS) is 14.6. The lowest BCUT2D eigenvalue weighted by atomic mass is 9.97. The van der Waals surface area contributed by atoms with Gasteiger partial charge in [0.25, 0.3) is 5.91 Å². The van der Waals surface area contributed by atoms with Crippen molar-refractivity contribution in [1.82, 2.24) is 26.6 Å². The van der Waals surface area contributed by atoms with Crippen molar-refractivity contribution in [3.63, 3.8) is 0 Å². The highest BCUT2D eigenvalue weighted by Crippen LogP contribution is 2.13. The lowest BCUT2D eigenvalue weighted by molar-refractivity contribution is -0.142. The third-order valence-electron chi connectivity index (χ3n) is 9.03. The van der Waals surface area contributed by atoms with Crippen LogP contribution in [0.1, 0.15) is 76.2 Å². The number of hydrogen-bond acceptors (Lipinski definition) is 11. The first-order chi connectivity index (χ1) is 28.1. The Morgan fingerprint density at radius 2 is 1.22 bits per heavy atom. The van der Waals surface area contributed by atoms with Crippen LogP contribution in [0.15, 0.2) is 54.6 Å². The van der Waals surface area contributed by atoms with Gasteiger partial charge in [0.15, 0.2) is 6.10 Å². The second kappa shape index (κ2) is 23.9. The molecule has 2 aromatic carbocycles. The van der Waals surface area contributed by atoms with Crippen molar-refractivity contribution in [2.24, 2.45) is 17.6 Å². The van der Waals surface area contributed by atoms with Gasteiger partial charge in [-0.1, -0.05) is 58.0 Å². The van der Waals surface area contributed by atoms with Crippen molar-refractivity contribution in [2.75, 3.05) is 5.32 Å². The number of nitrogens with two attached hydrogens (primary N) is 1. The molecule has 0 bridgehead atoms. The zero-order valence-corrected chi connectivity index (χ0v) is 34.0. The number of anilines is 1. The molecular formula is C40H55N7O13. The van der Waals surface area contributed by atoms with Gasteiger partial charge >= 0.3 is 17.9 Å². The number of carbonyl (C=O) groups is 9. The Morgan fingerprint density at radius 1 is 0.633 bits per heavy atom. The second-order valence-electron chi connectivity index (χ2n) is 15.0. The number of rotatable bonds is 24. The van der Waals surface area contributed by atoms with E-state index < -0.39 is 108 Å². The molecule has 0 aliphatic rings. The molecule has 0 saturated heterocycles. The Morgan fingerprint density at radius 3 is 1.75 bits per heavy atom. The molecule has 0 aliphatic heterocycles. The molecule has 1 unspecified atom stereocenters. The lowest BCUT2D eigenvalue weighted by Crippen LogP contribution is -2.61. The molecule has 12 N–H and O–H groups in total. The van der Waals surface area contributed by atoms with Crippen LogP contribution in [-0.2, 0) is 44.8 Å². The molecule has 0 spiro atoms. The molecule has 0 aliphatic carbocycles. The van der Waals surface area contributed by atoms with Crippen LogP contribution in [0.5, 0.6) is 0 Å². The Balaban J connectivity index is 2.29. The van der Waals surface area contributed by atoms with E-state index in [1.165, 1.54) is 31.2 Å². The van der Waals surface area contributed by atoms with Gasteiger partial charge in [-0.25, -0.2) is 4.79 Å². The highest BCUT2D eigenvalue weighted by Gasteiger charge is 2.36. The van der Waals surface area contributed by atoms with E-state index in [0.29, 0.717) is 5.56 Å². The highest BCUT2D eigenvalue weighted by atomic mass is 16.4. The monoisotopic (exact) mass is 841 g/mol. The van der Waals surface area contributed by atoms with Crippen LogP contribution in [0.2, 0.25) is 0 Å². The minimum atomic E-state index is -2.10. The summed E-state index contributed by atoms with van der Waals surface area (Å²) in [6, 6.07) is 5.31. The van der Waals surface area contributed by atoms with Gasteiger partial charge in [0.2, 0.25) is 29.5 Å². The van der Waals surface area contributed by atoms with E-state index in [-0.39, 0.29) is 42.9 Å². The molecule has 0 radical (unpaired) electrons. The van der Waals surface area contributed by atoms with Gasteiger partial charge in [0.05, 0.1) is 24.1 Å². The van der Waals surface area contributed by atoms with E-state index >= 15 is 0 Å². The van der Waals surface area contributed by atoms with Gasteiger partial charge in [0.1, 0.15) is 24.2 Å². The lowest BCUT2D eigenvalue weighted by Gasteiger charge is -2.30. The number of nitrogens with one attached hydrogen (secondary N) is 6. The highest BCUT2D eigenvalue weighted by molar-refractivity contribution is 5.99. The SMILES string of the molecule is CC(C)C[C@H](NC(=O)[C@@H](NC(=O)[C@@H](N)CCC(=O)O)C(C)C)C(=O)N[C@@H](Cc1ccccc1)[C@@H](O)C(=O)NC(CC(=O)O)C(=O)N[C@@H](C)C(=O)Nc1ccc(C(=O)O)cc1. The maximum absolute atomic E-state index is 13.9. The maximum Gasteiger partial charge on any atom is 0.335 e. The molecule has 2 rings (SSSR count). The summed E-state index contributed by atoms with van der Waals surface area (Å²) < 4.78 is 0. The molecular weight excluding hydrogens is 786 g/mol. The van der Waals surface area contributed by atoms with Gasteiger partial charge in [-0.2, -0.15) is 0 Å². The summed E-state index contributed by atoms with van der Waals surface area (Å²) in [6.45, 7) is 8.09. The Labute approximate surface area is 346 Å². The number of hydrogen-bond donors (Lipinski definition) is 11. The van der Waals surface area contributed by atoms with Gasteiger partial charge in [-0.05, 0) is 67.9 Å². The van der Waals surface area contributed by atoms with Crippen LogP contribution < -0.4 is 37.6 Å². The summed E-state index contributed by atoms with van der Waals surface area (Å²) in [7, 11) is 0. The molecule has 0 heterocycles. The zero-order chi connectivity index (χ0) is 45.3. The van der Waals surface area contributed by atoms with E-state index in [2.05, 4.69) is 31.9 Å². The summed E-state index contributed by atoms with van der Waals surface area (Å²) in [5.74, 6) is -10.0. The standard InChI is InChI=1S/C40H55N7O13/c1-20(2)17-28(45-38(57)32(21(3)4)47-35(54)26(41)15-16-30(48)49)37(56)44-27(18-23-9-7-6-8-10-23)33(52)39(58)46-29(19-31(50)51)36(55)42-22(5)34(53)43-25-13-11-24(12-14-25)40(59)60/h6-14,20-22,26-29,32-33,52H,15-19,41H2,1-5H3,(H,42,55)(H,43,53)(H,44,56)(H,45,57)(H,46,58)(H,47,54)(H,48,49)(H,50,51)(H,59,60)/t22-,26-,27-,28-,29?,32-,33+/m0/s1. The molecule has 328 valence electrons. The smallest absolute Gasteiger partial charge is 0.335 e. The molecule has 0 fully saturated rings. The first-order valence-corrected chi connectivity index (χ1v) is 19.2. The number of aliphatic carboxylic acids is 2. The average Bonchev–Trinajstić information content (AvgIpc) is 3.17. The predicted octanol–water partition coefficient (Wildman–Crippen LogP) is -0.260. The second-order valence-corrected chi connectivity index (χ2v) is 15.0. The van der Waals surface area contributed by atoms with E-state index in [0.717, 1.165) is 0 Å². The first kappa shape index (κ1) is 49.7. The number of carbonyl (C=O) groups excluding carboxylic acids is 6. The minimum Gasteiger partial charge on any atom is -0.481 e. The molecule has 60 heavy (non-hydrogen) atoms. The Kier molecular flexibility index (Phi) is 19.8. The number of carboxylic acids is 3. The van der Waals surface area contributed by atoms with Gasteiger partial charge in [0, 0.05) is 12.1 Å². The third-order valence-corrected chi connectivity index (χ3v) is 9.03. The number of aliphatic hydroxyl groups excluding tert-OH is 1. The fraction of sp³-hybridized carbons (Fsp3) is 0.475. The van der Waals surface area contributed by atoms with Crippen LogP contribution >= 0.6 is 0 Å². The summed E-state index contributed by atoms with van der Waals surface area (Å²) in [4.78, 5) is 114. The van der Waals surface area contributed by atoms with Crippen molar-refractivity contribution < 1.29 is 63.6 Å². The zero-order valence-electron chi connectivity index (χ0n) is 34.0. The van der Waals surface area contributed by atoms with Crippen molar-refractivity contribution in [1.29, 1.82) is 0 Å². The van der Waals surface area contributed by atoms with Crippen LogP contribution in [0.3, 0.4) is 0 Å². The van der Waals surface area contributed by atoms with Crippen LogP contribution in [0, 0.1) is 11.8 Å².